The molecule has 3 rings (SSSR count). The summed E-state index contributed by atoms with van der Waals surface area (Å²) in [4.78, 5) is 12.4. The molecule has 132 valence electrons. The Morgan fingerprint density at radius 3 is 2.24 bits per heavy atom. The molecule has 25 heavy (non-hydrogen) atoms. The van der Waals surface area contributed by atoms with E-state index in [0.29, 0.717) is 17.2 Å². The van der Waals surface area contributed by atoms with Gasteiger partial charge >= 0.3 is 6.36 Å². The lowest BCUT2D eigenvalue weighted by Crippen LogP contribution is -2.46. The highest BCUT2D eigenvalue weighted by molar-refractivity contribution is 5.95. The number of hydrogen-bond donors (Lipinski definition) is 1. The Hall–Kier alpha value is -2.90. The summed E-state index contributed by atoms with van der Waals surface area (Å²) in [7, 11) is 0. The molecule has 1 N–H and O–H groups in total. The molecule has 0 radical (unpaired) electrons. The largest absolute Gasteiger partial charge is 0.573 e. The van der Waals surface area contributed by atoms with Gasteiger partial charge in [0.15, 0.2) is 11.5 Å². The minimum Gasteiger partial charge on any atom is -0.482 e. The van der Waals surface area contributed by atoms with Crippen molar-refractivity contribution in [3.63, 3.8) is 0 Å². The average molecular weight is 353 g/mol. The fraction of sp³-hybridized carbons (Fsp3) is 0.235. The number of halogens is 3. The summed E-state index contributed by atoms with van der Waals surface area (Å²) in [6.45, 7) is 1.69. The molecule has 2 aromatic rings. The quantitative estimate of drug-likeness (QED) is 0.913. The van der Waals surface area contributed by atoms with Gasteiger partial charge in [-0.05, 0) is 43.3 Å². The van der Waals surface area contributed by atoms with Crippen molar-refractivity contribution in [3.05, 3.63) is 48.5 Å². The number of fused-ring (bicyclic) bond motifs is 1. The van der Waals surface area contributed by atoms with Crippen molar-refractivity contribution in [1.29, 1.82) is 0 Å². The predicted octanol–water partition coefficient (Wildman–Crippen LogP) is 3.75. The number of anilines is 1. The molecule has 5 nitrogen and oxygen atoms in total. The lowest BCUT2D eigenvalue weighted by atomic mass is 10.1. The van der Waals surface area contributed by atoms with Gasteiger partial charge in [0.05, 0.1) is 0 Å². The molecule has 0 spiro atoms. The SMILES string of the molecule is C[C@@H]1Oc2ccccc2O[C@H]1C(=O)Nc1ccc(OC(F)(F)F)cc1. The number of rotatable bonds is 3. The number of nitrogens with one attached hydrogen (secondary N) is 1. The van der Waals surface area contributed by atoms with Crippen molar-refractivity contribution < 1.29 is 32.2 Å². The van der Waals surface area contributed by atoms with Crippen molar-refractivity contribution in [2.24, 2.45) is 0 Å². The molecule has 0 unspecified atom stereocenters. The van der Waals surface area contributed by atoms with E-state index in [1.165, 1.54) is 12.1 Å². The van der Waals surface area contributed by atoms with Crippen LogP contribution in [0.1, 0.15) is 6.92 Å². The van der Waals surface area contributed by atoms with E-state index in [9.17, 15) is 18.0 Å². The Labute approximate surface area is 141 Å². The smallest absolute Gasteiger partial charge is 0.482 e. The molecule has 1 aliphatic heterocycles. The number of carbonyl (C=O) groups is 1. The molecule has 2 aromatic carbocycles. The zero-order chi connectivity index (χ0) is 18.0. The van der Waals surface area contributed by atoms with Crippen LogP contribution in [-0.2, 0) is 4.79 Å². The molecule has 1 aliphatic rings. The van der Waals surface area contributed by atoms with Crippen LogP contribution in [0.4, 0.5) is 18.9 Å². The molecular formula is C17H14F3NO4. The molecule has 0 aliphatic carbocycles. The second-order valence-corrected chi connectivity index (χ2v) is 5.37. The van der Waals surface area contributed by atoms with E-state index in [-0.39, 0.29) is 5.75 Å². The van der Waals surface area contributed by atoms with Gasteiger partial charge < -0.3 is 19.5 Å². The maximum absolute atomic E-state index is 12.4. The maximum Gasteiger partial charge on any atom is 0.573 e. The third-order valence-corrected chi connectivity index (χ3v) is 3.46. The average Bonchev–Trinajstić information content (AvgIpc) is 2.54. The van der Waals surface area contributed by atoms with Crippen LogP contribution in [0.3, 0.4) is 0 Å². The number of alkyl halides is 3. The Balaban J connectivity index is 1.66. The Kier molecular flexibility index (Phi) is 4.43. The third-order valence-electron chi connectivity index (χ3n) is 3.46. The number of carbonyl (C=O) groups excluding carboxylic acids is 1. The highest BCUT2D eigenvalue weighted by Gasteiger charge is 2.34. The zero-order valence-electron chi connectivity index (χ0n) is 13.0. The first-order valence-electron chi connectivity index (χ1n) is 7.41. The van der Waals surface area contributed by atoms with Crippen molar-refractivity contribution in [1.82, 2.24) is 0 Å². The molecule has 0 saturated heterocycles. The molecule has 0 bridgehead atoms. The van der Waals surface area contributed by atoms with Gasteiger partial charge in [-0.2, -0.15) is 0 Å². The Morgan fingerprint density at radius 2 is 1.64 bits per heavy atom. The summed E-state index contributed by atoms with van der Waals surface area (Å²) in [6.07, 6.45) is -6.18. The number of para-hydroxylation sites is 2. The molecule has 1 amide bonds. The molecule has 1 heterocycles. The molecule has 8 heteroatoms. The fourth-order valence-electron chi connectivity index (χ4n) is 2.36. The maximum atomic E-state index is 12.4. The summed E-state index contributed by atoms with van der Waals surface area (Å²) in [5.41, 5.74) is 0.314. The van der Waals surface area contributed by atoms with E-state index in [2.05, 4.69) is 10.1 Å². The first kappa shape index (κ1) is 16.9. The standard InChI is InChI=1S/C17H14F3NO4/c1-10-15(24-14-5-3-2-4-13(14)23-10)16(22)21-11-6-8-12(9-7-11)25-17(18,19)20/h2-10,15H,1H3,(H,21,22)/t10-,15+/m0/s1. The monoisotopic (exact) mass is 353 g/mol. The summed E-state index contributed by atoms with van der Waals surface area (Å²) in [5, 5.41) is 2.58. The predicted molar refractivity (Wildman–Crippen MR) is 82.7 cm³/mol. The van der Waals surface area contributed by atoms with Crippen LogP contribution in [-0.4, -0.2) is 24.5 Å². The fourth-order valence-corrected chi connectivity index (χ4v) is 2.36. The van der Waals surface area contributed by atoms with Crippen LogP contribution in [0, 0.1) is 0 Å². The van der Waals surface area contributed by atoms with Crippen LogP contribution >= 0.6 is 0 Å². The van der Waals surface area contributed by atoms with E-state index in [4.69, 9.17) is 9.47 Å². The van der Waals surface area contributed by atoms with Gasteiger partial charge in [-0.3, -0.25) is 4.79 Å². The second kappa shape index (κ2) is 6.54. The van der Waals surface area contributed by atoms with Gasteiger partial charge in [0.2, 0.25) is 6.10 Å². The first-order chi connectivity index (χ1) is 11.8. The number of ether oxygens (including phenoxy) is 3. The van der Waals surface area contributed by atoms with Gasteiger partial charge in [-0.25, -0.2) is 0 Å². The minimum atomic E-state index is -4.76. The molecule has 0 saturated carbocycles. The lowest BCUT2D eigenvalue weighted by molar-refractivity contribution is -0.274. The minimum absolute atomic E-state index is 0.314. The van der Waals surface area contributed by atoms with Gasteiger partial charge in [0, 0.05) is 5.69 Å². The summed E-state index contributed by atoms with van der Waals surface area (Å²) in [5.74, 6) is 0.166. The van der Waals surface area contributed by atoms with E-state index in [0.717, 1.165) is 12.1 Å². The second-order valence-electron chi connectivity index (χ2n) is 5.37. The van der Waals surface area contributed by atoms with Gasteiger partial charge in [-0.1, -0.05) is 12.1 Å². The number of amides is 1. The van der Waals surface area contributed by atoms with Crippen molar-refractivity contribution in [3.8, 4) is 17.2 Å². The Morgan fingerprint density at radius 1 is 1.04 bits per heavy atom. The normalized spacial score (nSPS) is 19.2. The van der Waals surface area contributed by atoms with E-state index in [1.54, 1.807) is 31.2 Å². The van der Waals surface area contributed by atoms with Gasteiger partial charge in [0.25, 0.3) is 5.91 Å². The van der Waals surface area contributed by atoms with Gasteiger partial charge in [-0.15, -0.1) is 13.2 Å². The van der Waals surface area contributed by atoms with Crippen LogP contribution < -0.4 is 19.5 Å². The summed E-state index contributed by atoms with van der Waals surface area (Å²) in [6, 6.07) is 11.8. The van der Waals surface area contributed by atoms with E-state index >= 15 is 0 Å². The van der Waals surface area contributed by atoms with Gasteiger partial charge in [0.1, 0.15) is 11.9 Å². The first-order valence-corrected chi connectivity index (χ1v) is 7.41. The lowest BCUT2D eigenvalue weighted by Gasteiger charge is -2.31. The van der Waals surface area contributed by atoms with Crippen LogP contribution in [0.25, 0.3) is 0 Å². The van der Waals surface area contributed by atoms with Crippen molar-refractivity contribution >= 4 is 11.6 Å². The molecule has 0 fully saturated rings. The summed E-state index contributed by atoms with van der Waals surface area (Å²) < 4.78 is 51.5. The summed E-state index contributed by atoms with van der Waals surface area (Å²) >= 11 is 0. The molecular weight excluding hydrogens is 339 g/mol. The zero-order valence-corrected chi connectivity index (χ0v) is 13.0. The van der Waals surface area contributed by atoms with Crippen molar-refractivity contribution in [2.45, 2.75) is 25.5 Å². The Bertz CT molecular complexity index is 761. The number of benzene rings is 2. The van der Waals surface area contributed by atoms with Crippen LogP contribution in [0.15, 0.2) is 48.5 Å². The highest BCUT2D eigenvalue weighted by Crippen LogP contribution is 2.33. The van der Waals surface area contributed by atoms with E-state index in [1.807, 2.05) is 0 Å². The number of hydrogen-bond acceptors (Lipinski definition) is 4. The van der Waals surface area contributed by atoms with Crippen LogP contribution in [0.5, 0.6) is 17.2 Å². The third kappa shape index (κ3) is 4.14. The highest BCUT2D eigenvalue weighted by atomic mass is 19.4. The molecule has 2 atom stereocenters. The topological polar surface area (TPSA) is 56.8 Å². The van der Waals surface area contributed by atoms with Crippen molar-refractivity contribution in [2.75, 3.05) is 5.32 Å². The van der Waals surface area contributed by atoms with E-state index < -0.39 is 24.5 Å². The van der Waals surface area contributed by atoms with Crippen LogP contribution in [0.2, 0.25) is 0 Å². The molecule has 0 aromatic heterocycles.